The highest BCUT2D eigenvalue weighted by molar-refractivity contribution is 6.04. The van der Waals surface area contributed by atoms with E-state index in [2.05, 4.69) is 22.2 Å². The molecule has 0 saturated heterocycles. The Morgan fingerprint density at radius 1 is 1.13 bits per heavy atom. The molecule has 0 bridgehead atoms. The zero-order valence-electron chi connectivity index (χ0n) is 17.1. The van der Waals surface area contributed by atoms with Crippen LogP contribution in [0.25, 0.3) is 5.70 Å². The fourth-order valence-electron chi connectivity index (χ4n) is 4.11. The van der Waals surface area contributed by atoms with E-state index < -0.39 is 17.9 Å². The first-order valence-electron chi connectivity index (χ1n) is 10.2. The molecule has 0 radical (unpaired) electrons. The van der Waals surface area contributed by atoms with Gasteiger partial charge in [0.2, 0.25) is 0 Å². The Bertz CT molecular complexity index is 1080. The third-order valence-electron chi connectivity index (χ3n) is 5.68. The number of benzene rings is 2. The summed E-state index contributed by atoms with van der Waals surface area (Å²) in [6, 6.07) is 9.89. The Labute approximate surface area is 178 Å². The van der Waals surface area contributed by atoms with Crippen molar-refractivity contribution < 1.29 is 17.6 Å². The van der Waals surface area contributed by atoms with E-state index in [1.54, 1.807) is 12.1 Å². The zero-order chi connectivity index (χ0) is 22.2. The van der Waals surface area contributed by atoms with Crippen molar-refractivity contribution in [3.8, 4) is 0 Å². The molecule has 3 nitrogen and oxygen atoms in total. The van der Waals surface area contributed by atoms with E-state index in [0.29, 0.717) is 17.1 Å². The van der Waals surface area contributed by atoms with Gasteiger partial charge in [-0.25, -0.2) is 9.38 Å². The van der Waals surface area contributed by atoms with Gasteiger partial charge < -0.3 is 10.6 Å². The Morgan fingerprint density at radius 3 is 2.65 bits per heavy atom. The minimum atomic E-state index is -4.48. The predicted octanol–water partition coefficient (Wildman–Crippen LogP) is 6.24. The molecule has 0 aromatic heterocycles. The van der Waals surface area contributed by atoms with E-state index in [1.807, 2.05) is 6.92 Å². The number of aryl methyl sites for hydroxylation is 1. The number of rotatable bonds is 3. The summed E-state index contributed by atoms with van der Waals surface area (Å²) < 4.78 is 54.6. The second kappa shape index (κ2) is 8.21. The van der Waals surface area contributed by atoms with Gasteiger partial charge in [-0.15, -0.1) is 0 Å². The average Bonchev–Trinajstić information content (AvgIpc) is 2.74. The molecule has 1 aliphatic heterocycles. The maximum atomic E-state index is 13.8. The quantitative estimate of drug-likeness (QED) is 0.567. The monoisotopic (exact) mass is 429 g/mol. The molecule has 2 aliphatic rings. The predicted molar refractivity (Wildman–Crippen MR) is 114 cm³/mol. The molecular formula is C24H23F4N3. The van der Waals surface area contributed by atoms with Gasteiger partial charge in [0.25, 0.3) is 0 Å². The number of allylic oxidation sites excluding steroid dienone is 1. The normalized spacial score (nSPS) is 18.7. The number of halogens is 4. The summed E-state index contributed by atoms with van der Waals surface area (Å²) in [6.07, 6.45) is -1.93. The number of aliphatic imine (C=N–C) groups is 1. The Kier molecular flexibility index (Phi) is 5.60. The molecule has 0 saturated carbocycles. The molecule has 1 unspecified atom stereocenters. The van der Waals surface area contributed by atoms with Crippen molar-refractivity contribution in [1.29, 1.82) is 0 Å². The SMILES string of the molecule is C=C(NC1=NC(c2ccccc2C(F)(F)F)NC2=C1CCCC2)c1cc(F)ccc1C. The fourth-order valence-corrected chi connectivity index (χ4v) is 4.11. The molecule has 2 aromatic carbocycles. The van der Waals surface area contributed by atoms with Gasteiger partial charge in [0.05, 0.1) is 5.56 Å². The van der Waals surface area contributed by atoms with Gasteiger partial charge in [0, 0.05) is 28.1 Å². The lowest BCUT2D eigenvalue weighted by molar-refractivity contribution is -0.138. The summed E-state index contributed by atoms with van der Waals surface area (Å²) >= 11 is 0. The van der Waals surface area contributed by atoms with Crippen molar-refractivity contribution in [2.45, 2.75) is 44.9 Å². The van der Waals surface area contributed by atoms with Crippen LogP contribution in [0.15, 0.2) is 65.3 Å². The highest BCUT2D eigenvalue weighted by atomic mass is 19.4. The third kappa shape index (κ3) is 4.36. The van der Waals surface area contributed by atoms with Gasteiger partial charge in [-0.2, -0.15) is 13.2 Å². The van der Waals surface area contributed by atoms with Crippen molar-refractivity contribution >= 4 is 11.5 Å². The lowest BCUT2D eigenvalue weighted by Crippen LogP contribution is -2.36. The Balaban J connectivity index is 1.72. The highest BCUT2D eigenvalue weighted by Crippen LogP contribution is 2.38. The molecular weight excluding hydrogens is 406 g/mol. The molecule has 0 amide bonds. The molecule has 1 aliphatic carbocycles. The van der Waals surface area contributed by atoms with Gasteiger partial charge in [-0.3, -0.25) is 0 Å². The zero-order valence-corrected chi connectivity index (χ0v) is 17.1. The van der Waals surface area contributed by atoms with Crippen LogP contribution in [0, 0.1) is 12.7 Å². The molecule has 1 heterocycles. The average molecular weight is 429 g/mol. The second-order valence-corrected chi connectivity index (χ2v) is 7.84. The van der Waals surface area contributed by atoms with Gasteiger partial charge >= 0.3 is 6.18 Å². The van der Waals surface area contributed by atoms with Crippen LogP contribution in [-0.4, -0.2) is 5.84 Å². The lowest BCUT2D eigenvalue weighted by atomic mass is 9.92. The first-order chi connectivity index (χ1) is 14.7. The standard InChI is InChI=1S/C24H23F4N3/c1-14-11-12-16(25)13-19(14)15(2)29-23-18-8-4-6-10-21(18)30-22(31-23)17-7-3-5-9-20(17)24(26,27)28/h3,5,7,9,11-13,22,30H,2,4,6,8,10H2,1H3,(H,29,31). The summed E-state index contributed by atoms with van der Waals surface area (Å²) in [7, 11) is 0. The number of hydrogen-bond donors (Lipinski definition) is 2. The smallest absolute Gasteiger partial charge is 0.363 e. The van der Waals surface area contributed by atoms with Gasteiger partial charge in [0.15, 0.2) is 0 Å². The van der Waals surface area contributed by atoms with Crippen LogP contribution in [0.1, 0.15) is 54.1 Å². The molecule has 2 aromatic rings. The molecule has 0 fully saturated rings. The molecule has 2 N–H and O–H groups in total. The van der Waals surface area contributed by atoms with E-state index in [4.69, 9.17) is 0 Å². The van der Waals surface area contributed by atoms with E-state index in [9.17, 15) is 17.6 Å². The van der Waals surface area contributed by atoms with Crippen LogP contribution in [0.5, 0.6) is 0 Å². The van der Waals surface area contributed by atoms with Crippen LogP contribution in [0.2, 0.25) is 0 Å². The van der Waals surface area contributed by atoms with Gasteiger partial charge in [-0.05, 0) is 56.4 Å². The number of nitrogens with one attached hydrogen (secondary N) is 2. The topological polar surface area (TPSA) is 36.4 Å². The molecule has 31 heavy (non-hydrogen) atoms. The van der Waals surface area contributed by atoms with E-state index >= 15 is 0 Å². The summed E-state index contributed by atoms with van der Waals surface area (Å²) in [5.41, 5.74) is 3.10. The minimum absolute atomic E-state index is 0.0685. The number of amidine groups is 1. The lowest BCUT2D eigenvalue weighted by Gasteiger charge is -2.33. The van der Waals surface area contributed by atoms with Crippen molar-refractivity contribution in [3.05, 3.63) is 88.4 Å². The molecule has 162 valence electrons. The van der Waals surface area contributed by atoms with Crippen molar-refractivity contribution in [1.82, 2.24) is 10.6 Å². The van der Waals surface area contributed by atoms with E-state index in [1.165, 1.54) is 24.3 Å². The molecule has 4 rings (SSSR count). The van der Waals surface area contributed by atoms with Crippen LogP contribution in [-0.2, 0) is 6.18 Å². The largest absolute Gasteiger partial charge is 0.416 e. The maximum absolute atomic E-state index is 13.8. The maximum Gasteiger partial charge on any atom is 0.416 e. The number of hydrogen-bond acceptors (Lipinski definition) is 3. The fraction of sp³-hybridized carbons (Fsp3) is 0.292. The third-order valence-corrected chi connectivity index (χ3v) is 5.68. The van der Waals surface area contributed by atoms with Crippen LogP contribution in [0.4, 0.5) is 17.6 Å². The van der Waals surface area contributed by atoms with E-state index in [0.717, 1.165) is 48.6 Å². The highest BCUT2D eigenvalue weighted by Gasteiger charge is 2.36. The Hall–Kier alpha value is -3.09. The first kappa shape index (κ1) is 21.2. The number of nitrogens with zero attached hydrogens (tertiary/aromatic N) is 1. The van der Waals surface area contributed by atoms with Gasteiger partial charge in [0.1, 0.15) is 17.8 Å². The van der Waals surface area contributed by atoms with Gasteiger partial charge in [-0.1, -0.05) is 30.8 Å². The minimum Gasteiger partial charge on any atom is -0.363 e. The molecule has 1 atom stereocenters. The van der Waals surface area contributed by atoms with Crippen LogP contribution >= 0.6 is 0 Å². The van der Waals surface area contributed by atoms with Crippen molar-refractivity contribution in [2.24, 2.45) is 4.99 Å². The van der Waals surface area contributed by atoms with Crippen molar-refractivity contribution in [2.75, 3.05) is 0 Å². The summed E-state index contributed by atoms with van der Waals surface area (Å²) in [6.45, 7) is 5.88. The molecule has 7 heteroatoms. The Morgan fingerprint density at radius 2 is 1.87 bits per heavy atom. The molecule has 0 spiro atoms. The van der Waals surface area contributed by atoms with Crippen LogP contribution < -0.4 is 10.6 Å². The first-order valence-corrected chi connectivity index (χ1v) is 10.2. The second-order valence-electron chi connectivity index (χ2n) is 7.84. The van der Waals surface area contributed by atoms with E-state index in [-0.39, 0.29) is 11.4 Å². The number of alkyl halides is 3. The van der Waals surface area contributed by atoms with Crippen LogP contribution in [0.3, 0.4) is 0 Å². The summed E-state index contributed by atoms with van der Waals surface area (Å²) in [5, 5.41) is 6.38. The summed E-state index contributed by atoms with van der Waals surface area (Å²) in [4.78, 5) is 4.61. The summed E-state index contributed by atoms with van der Waals surface area (Å²) in [5.74, 6) is 0.106. The van der Waals surface area contributed by atoms with Crippen molar-refractivity contribution in [3.63, 3.8) is 0 Å².